The fraction of sp³-hybridized carbons (Fsp3) is 0.333. The van der Waals surface area contributed by atoms with Crippen LogP contribution in [-0.2, 0) is 4.79 Å². The maximum Gasteiger partial charge on any atom is 0.251 e. The molecular weight excluding hydrogens is 284 g/mol. The van der Waals surface area contributed by atoms with E-state index in [-0.39, 0.29) is 24.3 Å². The third kappa shape index (κ3) is 4.99. The number of amides is 2. The number of carbonyl (C=O) groups excluding carboxylic acids is 2. The van der Waals surface area contributed by atoms with Gasteiger partial charge in [0, 0.05) is 22.5 Å². The first-order valence-electron chi connectivity index (χ1n) is 5.34. The van der Waals surface area contributed by atoms with Crippen LogP contribution < -0.4 is 11.1 Å². The van der Waals surface area contributed by atoms with Crippen molar-refractivity contribution in [3.05, 3.63) is 34.3 Å². The van der Waals surface area contributed by atoms with E-state index < -0.39 is 0 Å². The van der Waals surface area contributed by atoms with Crippen LogP contribution in [0.4, 0.5) is 0 Å². The number of benzene rings is 1. The Bertz CT molecular complexity index is 403. The van der Waals surface area contributed by atoms with Crippen molar-refractivity contribution in [3.63, 3.8) is 0 Å². The molecule has 5 heteroatoms. The third-order valence-corrected chi connectivity index (χ3v) is 2.84. The summed E-state index contributed by atoms with van der Waals surface area (Å²) in [5.41, 5.74) is 5.64. The van der Waals surface area contributed by atoms with E-state index in [1.54, 1.807) is 12.1 Å². The molecule has 17 heavy (non-hydrogen) atoms. The van der Waals surface area contributed by atoms with E-state index in [1.807, 2.05) is 19.1 Å². The van der Waals surface area contributed by atoms with E-state index in [9.17, 15) is 9.59 Å². The first-order chi connectivity index (χ1) is 7.99. The Kier molecular flexibility index (Phi) is 5.15. The van der Waals surface area contributed by atoms with Gasteiger partial charge in [-0.2, -0.15) is 0 Å². The molecule has 0 aromatic heterocycles. The molecule has 0 heterocycles. The number of rotatable bonds is 5. The molecule has 92 valence electrons. The molecule has 0 saturated carbocycles. The zero-order chi connectivity index (χ0) is 12.8. The molecule has 2 amide bonds. The molecule has 1 rings (SSSR count). The van der Waals surface area contributed by atoms with Crippen LogP contribution >= 0.6 is 15.9 Å². The van der Waals surface area contributed by atoms with Gasteiger partial charge in [0.2, 0.25) is 5.91 Å². The zero-order valence-corrected chi connectivity index (χ0v) is 11.2. The Morgan fingerprint density at radius 1 is 1.35 bits per heavy atom. The van der Waals surface area contributed by atoms with Crippen molar-refractivity contribution in [3.8, 4) is 0 Å². The van der Waals surface area contributed by atoms with Gasteiger partial charge in [-0.1, -0.05) is 15.9 Å². The summed E-state index contributed by atoms with van der Waals surface area (Å²) in [6.45, 7) is 1.85. The topological polar surface area (TPSA) is 72.2 Å². The number of hydrogen-bond acceptors (Lipinski definition) is 2. The predicted molar refractivity (Wildman–Crippen MR) is 69.5 cm³/mol. The molecule has 0 spiro atoms. The van der Waals surface area contributed by atoms with Crippen molar-refractivity contribution < 1.29 is 9.59 Å². The third-order valence-electron chi connectivity index (χ3n) is 2.31. The van der Waals surface area contributed by atoms with Gasteiger partial charge in [-0.05, 0) is 37.6 Å². The van der Waals surface area contributed by atoms with E-state index in [0.29, 0.717) is 12.0 Å². The lowest BCUT2D eigenvalue weighted by Gasteiger charge is -2.12. The maximum absolute atomic E-state index is 11.8. The van der Waals surface area contributed by atoms with Crippen LogP contribution in [0, 0.1) is 0 Å². The smallest absolute Gasteiger partial charge is 0.251 e. The first-order valence-corrected chi connectivity index (χ1v) is 6.13. The summed E-state index contributed by atoms with van der Waals surface area (Å²) >= 11 is 3.30. The van der Waals surface area contributed by atoms with Crippen molar-refractivity contribution in [1.29, 1.82) is 0 Å². The highest BCUT2D eigenvalue weighted by Gasteiger charge is 2.10. The minimum absolute atomic E-state index is 0.0707. The van der Waals surface area contributed by atoms with Crippen molar-refractivity contribution in [2.75, 3.05) is 0 Å². The molecule has 0 saturated heterocycles. The Morgan fingerprint density at radius 3 is 2.47 bits per heavy atom. The normalized spacial score (nSPS) is 11.9. The number of halogens is 1. The Labute approximate surface area is 109 Å². The number of nitrogens with two attached hydrogens (primary N) is 1. The van der Waals surface area contributed by atoms with Crippen LogP contribution in [0.1, 0.15) is 30.1 Å². The SMILES string of the molecule is C[C@@H](CCC(N)=O)NC(=O)c1ccc(Br)cc1. The molecule has 0 fully saturated rings. The summed E-state index contributed by atoms with van der Waals surface area (Å²) < 4.78 is 0.927. The molecule has 0 aliphatic carbocycles. The average molecular weight is 299 g/mol. The molecule has 3 N–H and O–H groups in total. The fourth-order valence-corrected chi connectivity index (χ4v) is 1.60. The van der Waals surface area contributed by atoms with Gasteiger partial charge in [0.25, 0.3) is 5.91 Å². The van der Waals surface area contributed by atoms with E-state index in [4.69, 9.17) is 5.73 Å². The van der Waals surface area contributed by atoms with Crippen molar-refractivity contribution in [2.24, 2.45) is 5.73 Å². The van der Waals surface area contributed by atoms with E-state index >= 15 is 0 Å². The summed E-state index contributed by atoms with van der Waals surface area (Å²) in [5.74, 6) is -0.496. The maximum atomic E-state index is 11.8. The summed E-state index contributed by atoms with van der Waals surface area (Å²) in [4.78, 5) is 22.4. The van der Waals surface area contributed by atoms with Crippen LogP contribution in [0.5, 0.6) is 0 Å². The standard InChI is InChI=1S/C12H15BrN2O2/c1-8(2-7-11(14)16)15-12(17)9-3-5-10(13)6-4-9/h3-6,8H,2,7H2,1H3,(H2,14,16)(H,15,17)/t8-/m0/s1. The predicted octanol–water partition coefficient (Wildman–Crippen LogP) is 1.83. The van der Waals surface area contributed by atoms with Gasteiger partial charge in [0.15, 0.2) is 0 Å². The lowest BCUT2D eigenvalue weighted by atomic mass is 10.1. The largest absolute Gasteiger partial charge is 0.370 e. The average Bonchev–Trinajstić information content (AvgIpc) is 2.27. The van der Waals surface area contributed by atoms with Crippen LogP contribution in [0.25, 0.3) is 0 Å². The number of carbonyl (C=O) groups is 2. The van der Waals surface area contributed by atoms with Crippen molar-refractivity contribution in [1.82, 2.24) is 5.32 Å². The molecule has 4 nitrogen and oxygen atoms in total. The van der Waals surface area contributed by atoms with Gasteiger partial charge in [-0.25, -0.2) is 0 Å². The van der Waals surface area contributed by atoms with Crippen LogP contribution in [-0.4, -0.2) is 17.9 Å². The lowest BCUT2D eigenvalue weighted by Crippen LogP contribution is -2.33. The minimum atomic E-state index is -0.352. The second kappa shape index (κ2) is 6.39. The highest BCUT2D eigenvalue weighted by atomic mass is 79.9. The molecular formula is C12H15BrN2O2. The summed E-state index contributed by atoms with van der Waals surface area (Å²) in [6.07, 6.45) is 0.833. The highest BCUT2D eigenvalue weighted by Crippen LogP contribution is 2.10. The molecule has 1 aromatic carbocycles. The summed E-state index contributed by atoms with van der Waals surface area (Å²) in [5, 5.41) is 2.81. The first kappa shape index (κ1) is 13.7. The van der Waals surface area contributed by atoms with E-state index in [2.05, 4.69) is 21.2 Å². The van der Waals surface area contributed by atoms with Crippen molar-refractivity contribution in [2.45, 2.75) is 25.8 Å². The van der Waals surface area contributed by atoms with Gasteiger partial charge < -0.3 is 11.1 Å². The summed E-state index contributed by atoms with van der Waals surface area (Å²) in [6, 6.07) is 7.02. The Morgan fingerprint density at radius 2 is 1.94 bits per heavy atom. The van der Waals surface area contributed by atoms with Gasteiger partial charge in [-0.15, -0.1) is 0 Å². The number of primary amides is 1. The Balaban J connectivity index is 2.48. The Hall–Kier alpha value is -1.36. The van der Waals surface area contributed by atoms with Crippen molar-refractivity contribution >= 4 is 27.7 Å². The minimum Gasteiger partial charge on any atom is -0.370 e. The van der Waals surface area contributed by atoms with Crippen LogP contribution in [0.3, 0.4) is 0 Å². The highest BCUT2D eigenvalue weighted by molar-refractivity contribution is 9.10. The fourth-order valence-electron chi connectivity index (χ4n) is 1.34. The quantitative estimate of drug-likeness (QED) is 0.870. The van der Waals surface area contributed by atoms with Crippen LogP contribution in [0.15, 0.2) is 28.7 Å². The molecule has 0 unspecified atom stereocenters. The molecule has 0 aliphatic heterocycles. The molecule has 0 radical (unpaired) electrons. The van der Waals surface area contributed by atoms with Gasteiger partial charge in [0.1, 0.15) is 0 Å². The van der Waals surface area contributed by atoms with E-state index in [1.165, 1.54) is 0 Å². The number of nitrogens with one attached hydrogen (secondary N) is 1. The lowest BCUT2D eigenvalue weighted by molar-refractivity contribution is -0.118. The monoisotopic (exact) mass is 298 g/mol. The molecule has 1 atom stereocenters. The molecule has 0 aliphatic rings. The molecule has 0 bridgehead atoms. The van der Waals surface area contributed by atoms with Gasteiger partial charge in [0.05, 0.1) is 0 Å². The molecule has 1 aromatic rings. The van der Waals surface area contributed by atoms with E-state index in [0.717, 1.165) is 4.47 Å². The second-order valence-electron chi connectivity index (χ2n) is 3.89. The van der Waals surface area contributed by atoms with Gasteiger partial charge >= 0.3 is 0 Å². The van der Waals surface area contributed by atoms with Crippen LogP contribution in [0.2, 0.25) is 0 Å². The second-order valence-corrected chi connectivity index (χ2v) is 4.80. The van der Waals surface area contributed by atoms with Gasteiger partial charge in [-0.3, -0.25) is 9.59 Å². The zero-order valence-electron chi connectivity index (χ0n) is 9.57. The summed E-state index contributed by atoms with van der Waals surface area (Å²) in [7, 11) is 0. The number of hydrogen-bond donors (Lipinski definition) is 2.